The van der Waals surface area contributed by atoms with Crippen LogP contribution in [0.1, 0.15) is 42.5 Å². The van der Waals surface area contributed by atoms with Gasteiger partial charge in [0.1, 0.15) is 5.82 Å². The monoisotopic (exact) mass is 273 g/mol. The van der Waals surface area contributed by atoms with Crippen LogP contribution in [-0.2, 0) is 6.42 Å². The van der Waals surface area contributed by atoms with Crippen LogP contribution in [0.5, 0.6) is 0 Å². The normalized spacial score (nSPS) is 28.1. The van der Waals surface area contributed by atoms with Crippen LogP contribution in [0.2, 0.25) is 0 Å². The summed E-state index contributed by atoms with van der Waals surface area (Å²) in [6.45, 7) is 0. The predicted molar refractivity (Wildman–Crippen MR) is 70.8 cm³/mol. The first-order chi connectivity index (χ1) is 9.79. The van der Waals surface area contributed by atoms with Crippen LogP contribution in [0.3, 0.4) is 0 Å². The van der Waals surface area contributed by atoms with Crippen LogP contribution in [-0.4, -0.2) is 22.2 Å². The molecule has 1 aromatic carbocycles. The third-order valence-electron chi connectivity index (χ3n) is 4.41. The summed E-state index contributed by atoms with van der Waals surface area (Å²) < 4.78 is 19.0. The number of fused-ring (bicyclic) bond motifs is 2. The first kappa shape index (κ1) is 12.0. The van der Waals surface area contributed by atoms with Gasteiger partial charge in [0.15, 0.2) is 5.82 Å². The molecule has 104 valence electrons. The van der Waals surface area contributed by atoms with Gasteiger partial charge in [-0.3, -0.25) is 0 Å². The number of benzene rings is 1. The molecule has 4 rings (SSSR count). The quantitative estimate of drug-likeness (QED) is 0.933. The van der Waals surface area contributed by atoms with Gasteiger partial charge in [0.2, 0.25) is 5.89 Å². The summed E-state index contributed by atoms with van der Waals surface area (Å²) in [5, 5.41) is 7.56. The van der Waals surface area contributed by atoms with Crippen LogP contribution in [0.25, 0.3) is 0 Å². The fourth-order valence-electron chi connectivity index (χ4n) is 3.40. The summed E-state index contributed by atoms with van der Waals surface area (Å²) in [5.74, 6) is 1.37. The molecule has 0 spiro atoms. The topological polar surface area (TPSA) is 51.0 Å². The van der Waals surface area contributed by atoms with E-state index in [0.29, 0.717) is 41.7 Å². The van der Waals surface area contributed by atoms with E-state index in [0.717, 1.165) is 6.42 Å². The lowest BCUT2D eigenvalue weighted by atomic mass is 9.89. The van der Waals surface area contributed by atoms with Gasteiger partial charge in [-0.05, 0) is 30.9 Å². The number of nitrogens with one attached hydrogen (secondary N) is 1. The van der Waals surface area contributed by atoms with Crippen molar-refractivity contribution >= 4 is 0 Å². The van der Waals surface area contributed by atoms with Crippen molar-refractivity contribution in [2.75, 3.05) is 0 Å². The van der Waals surface area contributed by atoms with E-state index in [2.05, 4.69) is 15.5 Å². The summed E-state index contributed by atoms with van der Waals surface area (Å²) in [6.07, 6.45) is 3.88. The molecule has 2 aliphatic rings. The van der Waals surface area contributed by atoms with Crippen molar-refractivity contribution < 1.29 is 8.91 Å². The van der Waals surface area contributed by atoms with Crippen molar-refractivity contribution in [3.8, 4) is 0 Å². The van der Waals surface area contributed by atoms with E-state index < -0.39 is 0 Å². The van der Waals surface area contributed by atoms with E-state index in [9.17, 15) is 4.39 Å². The Hall–Kier alpha value is -1.75. The molecule has 1 N–H and O–H groups in total. The lowest BCUT2D eigenvalue weighted by Crippen LogP contribution is -2.21. The van der Waals surface area contributed by atoms with E-state index in [-0.39, 0.29) is 5.82 Å². The first-order valence-electron chi connectivity index (χ1n) is 7.11. The standard InChI is InChI=1S/C15H16FN3O/c16-12-4-2-1-3-9(12)7-14-18-15(20-19-14)11-8-10-5-6-13(11)17-10/h1-4,10-11,13,17H,5-8H2. The number of rotatable bonds is 3. The van der Waals surface area contributed by atoms with Gasteiger partial charge in [-0.25, -0.2) is 4.39 Å². The average molecular weight is 273 g/mol. The van der Waals surface area contributed by atoms with Crippen molar-refractivity contribution in [2.24, 2.45) is 0 Å². The second-order valence-corrected chi connectivity index (χ2v) is 5.71. The van der Waals surface area contributed by atoms with E-state index in [1.807, 2.05) is 6.07 Å². The van der Waals surface area contributed by atoms with Gasteiger partial charge >= 0.3 is 0 Å². The van der Waals surface area contributed by atoms with Crippen molar-refractivity contribution in [3.05, 3.63) is 47.4 Å². The molecule has 0 saturated carbocycles. The molecule has 2 aromatic rings. The van der Waals surface area contributed by atoms with Crippen LogP contribution in [0.15, 0.2) is 28.8 Å². The van der Waals surface area contributed by atoms with Gasteiger partial charge in [0.05, 0.1) is 5.92 Å². The predicted octanol–water partition coefficient (Wildman–Crippen LogP) is 2.41. The smallest absolute Gasteiger partial charge is 0.231 e. The number of halogens is 1. The first-order valence-corrected chi connectivity index (χ1v) is 7.11. The molecule has 0 amide bonds. The molecule has 0 radical (unpaired) electrons. The lowest BCUT2D eigenvalue weighted by molar-refractivity contribution is 0.327. The Balaban J connectivity index is 1.52. The minimum atomic E-state index is -0.222. The van der Waals surface area contributed by atoms with Crippen LogP contribution >= 0.6 is 0 Å². The zero-order chi connectivity index (χ0) is 13.5. The summed E-state index contributed by atoms with van der Waals surface area (Å²) in [7, 11) is 0. The minimum absolute atomic E-state index is 0.222. The minimum Gasteiger partial charge on any atom is -0.339 e. The van der Waals surface area contributed by atoms with Crippen LogP contribution in [0, 0.1) is 5.82 Å². The molecular weight excluding hydrogens is 257 g/mol. The summed E-state index contributed by atoms with van der Waals surface area (Å²) in [6, 6.07) is 7.79. The van der Waals surface area contributed by atoms with Gasteiger partial charge in [-0.15, -0.1) is 0 Å². The van der Waals surface area contributed by atoms with Gasteiger partial charge in [-0.2, -0.15) is 4.98 Å². The Bertz CT molecular complexity index is 627. The maximum Gasteiger partial charge on any atom is 0.231 e. The highest BCUT2D eigenvalue weighted by Gasteiger charge is 2.42. The molecule has 1 aromatic heterocycles. The third-order valence-corrected chi connectivity index (χ3v) is 4.41. The summed E-state index contributed by atoms with van der Waals surface area (Å²) >= 11 is 0. The summed E-state index contributed by atoms with van der Waals surface area (Å²) in [4.78, 5) is 4.46. The zero-order valence-electron chi connectivity index (χ0n) is 11.1. The van der Waals surface area contributed by atoms with Crippen molar-refractivity contribution in [1.29, 1.82) is 0 Å². The molecule has 2 bridgehead atoms. The summed E-state index contributed by atoms with van der Waals surface area (Å²) in [5.41, 5.74) is 0.603. The molecule has 2 aliphatic heterocycles. The number of hydrogen-bond acceptors (Lipinski definition) is 4. The number of nitrogens with zero attached hydrogens (tertiary/aromatic N) is 2. The van der Waals surface area contributed by atoms with E-state index in [4.69, 9.17) is 4.52 Å². The Morgan fingerprint density at radius 1 is 1.30 bits per heavy atom. The molecular formula is C15H16FN3O. The van der Waals surface area contributed by atoms with Crippen molar-refractivity contribution in [2.45, 2.75) is 43.7 Å². The third kappa shape index (κ3) is 2.02. The Kier molecular flexibility index (Phi) is 2.80. The van der Waals surface area contributed by atoms with Gasteiger partial charge in [-0.1, -0.05) is 23.4 Å². The molecule has 2 fully saturated rings. The molecule has 3 heterocycles. The fraction of sp³-hybridized carbons (Fsp3) is 0.467. The van der Waals surface area contributed by atoms with E-state index >= 15 is 0 Å². The fourth-order valence-corrected chi connectivity index (χ4v) is 3.40. The van der Waals surface area contributed by atoms with Crippen LogP contribution in [0.4, 0.5) is 4.39 Å². The second-order valence-electron chi connectivity index (χ2n) is 5.71. The maximum absolute atomic E-state index is 13.6. The Morgan fingerprint density at radius 3 is 2.95 bits per heavy atom. The van der Waals surface area contributed by atoms with E-state index in [1.165, 1.54) is 18.9 Å². The highest BCUT2D eigenvalue weighted by Crippen LogP contribution is 2.39. The van der Waals surface area contributed by atoms with Crippen LogP contribution < -0.4 is 5.32 Å². The Labute approximate surface area is 116 Å². The number of aromatic nitrogens is 2. The molecule has 3 unspecified atom stereocenters. The maximum atomic E-state index is 13.6. The SMILES string of the molecule is Fc1ccccc1Cc1noc(C2CC3CCC2N3)n1. The highest BCUT2D eigenvalue weighted by molar-refractivity contribution is 5.21. The molecule has 5 heteroatoms. The molecule has 20 heavy (non-hydrogen) atoms. The van der Waals surface area contributed by atoms with Gasteiger partial charge < -0.3 is 9.84 Å². The van der Waals surface area contributed by atoms with E-state index in [1.54, 1.807) is 12.1 Å². The molecule has 2 saturated heterocycles. The molecule has 3 atom stereocenters. The lowest BCUT2D eigenvalue weighted by Gasteiger charge is -2.15. The largest absolute Gasteiger partial charge is 0.339 e. The zero-order valence-corrected chi connectivity index (χ0v) is 11.1. The average Bonchev–Trinajstić information content (AvgIpc) is 3.16. The van der Waals surface area contributed by atoms with Crippen molar-refractivity contribution in [3.63, 3.8) is 0 Å². The molecule has 0 aliphatic carbocycles. The second kappa shape index (κ2) is 4.66. The van der Waals surface area contributed by atoms with Crippen molar-refractivity contribution in [1.82, 2.24) is 15.5 Å². The number of hydrogen-bond donors (Lipinski definition) is 1. The highest BCUT2D eigenvalue weighted by atomic mass is 19.1. The van der Waals surface area contributed by atoms with Gasteiger partial charge in [0, 0.05) is 18.5 Å². The Morgan fingerprint density at radius 2 is 2.20 bits per heavy atom. The van der Waals surface area contributed by atoms with Gasteiger partial charge in [0.25, 0.3) is 0 Å². The molecule has 4 nitrogen and oxygen atoms in total.